The van der Waals surface area contributed by atoms with Crippen molar-refractivity contribution in [2.75, 3.05) is 6.79 Å². The van der Waals surface area contributed by atoms with Gasteiger partial charge < -0.3 is 27.2 Å². The highest BCUT2D eigenvalue weighted by molar-refractivity contribution is 7.11. The molecule has 0 radical (unpaired) electrons. The zero-order valence-electron chi connectivity index (χ0n) is 10.6. The topological polar surface area (TPSA) is 30.5 Å². The SMILES string of the molecule is Cc1ccc(CNCc2ccc3c(c2)OCO3)s1.[Cl-]. The fourth-order valence-corrected chi connectivity index (χ4v) is 2.82. The van der Waals surface area contributed by atoms with Crippen molar-refractivity contribution in [1.29, 1.82) is 0 Å². The lowest BCUT2D eigenvalue weighted by Crippen LogP contribution is -3.00. The molecule has 1 N–H and O–H groups in total. The second kappa shape index (κ2) is 6.28. The molecular formula is C14H15ClNO2S-. The van der Waals surface area contributed by atoms with Crippen LogP contribution in [0.15, 0.2) is 30.3 Å². The van der Waals surface area contributed by atoms with Crippen molar-refractivity contribution >= 4 is 11.3 Å². The van der Waals surface area contributed by atoms with Crippen LogP contribution in [0.4, 0.5) is 0 Å². The largest absolute Gasteiger partial charge is 1.00 e. The predicted octanol–water partition coefficient (Wildman–Crippen LogP) is 0.0790. The third-order valence-corrected chi connectivity index (χ3v) is 3.86. The highest BCUT2D eigenvalue weighted by atomic mass is 35.5. The van der Waals surface area contributed by atoms with Gasteiger partial charge in [-0.25, -0.2) is 0 Å². The van der Waals surface area contributed by atoms with Gasteiger partial charge in [-0.05, 0) is 36.8 Å². The number of aryl methyl sites for hydroxylation is 1. The van der Waals surface area contributed by atoms with Crippen molar-refractivity contribution in [3.63, 3.8) is 0 Å². The van der Waals surface area contributed by atoms with E-state index in [2.05, 4.69) is 30.4 Å². The van der Waals surface area contributed by atoms with Gasteiger partial charge in [0.25, 0.3) is 0 Å². The van der Waals surface area contributed by atoms with Crippen molar-refractivity contribution in [3.05, 3.63) is 45.6 Å². The van der Waals surface area contributed by atoms with E-state index in [9.17, 15) is 0 Å². The van der Waals surface area contributed by atoms with Gasteiger partial charge in [-0.1, -0.05) is 6.07 Å². The molecule has 5 heteroatoms. The summed E-state index contributed by atoms with van der Waals surface area (Å²) < 4.78 is 10.6. The van der Waals surface area contributed by atoms with Crippen molar-refractivity contribution < 1.29 is 21.9 Å². The highest BCUT2D eigenvalue weighted by Gasteiger charge is 2.12. The maximum Gasteiger partial charge on any atom is 0.231 e. The molecule has 0 atom stereocenters. The van der Waals surface area contributed by atoms with Crippen LogP contribution in [-0.2, 0) is 13.1 Å². The number of halogens is 1. The fourth-order valence-electron chi connectivity index (χ4n) is 1.96. The third kappa shape index (κ3) is 3.41. The summed E-state index contributed by atoms with van der Waals surface area (Å²) in [6, 6.07) is 10.4. The van der Waals surface area contributed by atoms with Gasteiger partial charge in [-0.3, -0.25) is 0 Å². The molecular weight excluding hydrogens is 282 g/mol. The molecule has 0 aliphatic carbocycles. The average Bonchev–Trinajstić information content (AvgIpc) is 2.97. The lowest BCUT2D eigenvalue weighted by atomic mass is 10.2. The number of thiophene rings is 1. The first kappa shape index (κ1) is 14.2. The van der Waals surface area contributed by atoms with Crippen LogP contribution in [0.2, 0.25) is 0 Å². The molecule has 102 valence electrons. The minimum absolute atomic E-state index is 0. The van der Waals surface area contributed by atoms with E-state index in [1.54, 1.807) is 0 Å². The van der Waals surface area contributed by atoms with Crippen molar-refractivity contribution in [3.8, 4) is 11.5 Å². The summed E-state index contributed by atoms with van der Waals surface area (Å²) in [7, 11) is 0. The molecule has 1 aliphatic heterocycles. The minimum atomic E-state index is 0. The number of ether oxygens (including phenoxy) is 2. The summed E-state index contributed by atoms with van der Waals surface area (Å²) in [6.45, 7) is 4.22. The predicted molar refractivity (Wildman–Crippen MR) is 72.2 cm³/mol. The van der Waals surface area contributed by atoms with Crippen molar-refractivity contribution in [1.82, 2.24) is 5.32 Å². The van der Waals surface area contributed by atoms with Crippen LogP contribution in [0.5, 0.6) is 11.5 Å². The van der Waals surface area contributed by atoms with E-state index in [1.165, 1.54) is 15.3 Å². The number of rotatable bonds is 4. The van der Waals surface area contributed by atoms with Crippen molar-refractivity contribution in [2.24, 2.45) is 0 Å². The monoisotopic (exact) mass is 296 g/mol. The first-order valence-corrected chi connectivity index (χ1v) is 6.77. The number of fused-ring (bicyclic) bond motifs is 1. The molecule has 1 aliphatic rings. The molecule has 0 amide bonds. The van der Waals surface area contributed by atoms with Crippen LogP contribution in [0.25, 0.3) is 0 Å². The summed E-state index contributed by atoms with van der Waals surface area (Å²) in [6.07, 6.45) is 0. The molecule has 0 saturated carbocycles. The summed E-state index contributed by atoms with van der Waals surface area (Å²) >= 11 is 1.84. The lowest BCUT2D eigenvalue weighted by molar-refractivity contribution is -0.00000518. The molecule has 0 saturated heterocycles. The summed E-state index contributed by atoms with van der Waals surface area (Å²) in [5.74, 6) is 1.69. The van der Waals surface area contributed by atoms with E-state index in [-0.39, 0.29) is 12.4 Å². The molecule has 1 aromatic carbocycles. The molecule has 3 rings (SSSR count). The van der Waals surface area contributed by atoms with Crippen LogP contribution in [0, 0.1) is 6.92 Å². The number of hydrogen-bond acceptors (Lipinski definition) is 4. The Balaban J connectivity index is 0.00000133. The molecule has 2 heterocycles. The van der Waals surface area contributed by atoms with E-state index in [0.717, 1.165) is 24.6 Å². The summed E-state index contributed by atoms with van der Waals surface area (Å²) in [4.78, 5) is 2.73. The first-order chi connectivity index (χ1) is 8.81. The van der Waals surface area contributed by atoms with Gasteiger partial charge in [0.2, 0.25) is 6.79 Å². The molecule has 19 heavy (non-hydrogen) atoms. The standard InChI is InChI=1S/C14H15NO2S.ClH/c1-10-2-4-12(18-10)8-15-7-11-3-5-13-14(6-11)17-9-16-13;/h2-6,15H,7-9H2,1H3;1H/p-1. The van der Waals surface area contributed by atoms with Gasteiger partial charge in [0.05, 0.1) is 0 Å². The number of benzene rings is 1. The quantitative estimate of drug-likeness (QED) is 0.867. The van der Waals surface area contributed by atoms with E-state index in [1.807, 2.05) is 23.5 Å². The lowest BCUT2D eigenvalue weighted by Gasteiger charge is -2.04. The third-order valence-electron chi connectivity index (χ3n) is 2.86. The first-order valence-electron chi connectivity index (χ1n) is 5.96. The zero-order chi connectivity index (χ0) is 12.4. The van der Waals surface area contributed by atoms with Gasteiger partial charge in [0, 0.05) is 22.8 Å². The Bertz CT molecular complexity index is 556. The Kier molecular flexibility index (Phi) is 4.69. The van der Waals surface area contributed by atoms with E-state index in [4.69, 9.17) is 9.47 Å². The Hall–Kier alpha value is -1.23. The molecule has 2 aromatic rings. The van der Waals surface area contributed by atoms with E-state index < -0.39 is 0 Å². The fraction of sp³-hybridized carbons (Fsp3) is 0.286. The van der Waals surface area contributed by atoms with Crippen LogP contribution in [-0.4, -0.2) is 6.79 Å². The summed E-state index contributed by atoms with van der Waals surface area (Å²) in [5.41, 5.74) is 1.22. The van der Waals surface area contributed by atoms with E-state index >= 15 is 0 Å². The normalized spacial score (nSPS) is 12.3. The van der Waals surface area contributed by atoms with Gasteiger partial charge in [-0.15, -0.1) is 11.3 Å². The molecule has 0 unspecified atom stereocenters. The second-order valence-electron chi connectivity index (χ2n) is 4.30. The van der Waals surface area contributed by atoms with Gasteiger partial charge >= 0.3 is 0 Å². The maximum absolute atomic E-state index is 5.36. The molecule has 0 fully saturated rings. The van der Waals surface area contributed by atoms with E-state index in [0.29, 0.717) is 6.79 Å². The highest BCUT2D eigenvalue weighted by Crippen LogP contribution is 2.32. The molecule has 0 bridgehead atoms. The van der Waals surface area contributed by atoms with Crippen LogP contribution in [0.3, 0.4) is 0 Å². The van der Waals surface area contributed by atoms with Gasteiger partial charge in [-0.2, -0.15) is 0 Å². The van der Waals surface area contributed by atoms with Gasteiger partial charge in [0.15, 0.2) is 11.5 Å². The minimum Gasteiger partial charge on any atom is -1.00 e. The molecule has 1 aromatic heterocycles. The van der Waals surface area contributed by atoms with Crippen molar-refractivity contribution in [2.45, 2.75) is 20.0 Å². The summed E-state index contributed by atoms with van der Waals surface area (Å²) in [5, 5.41) is 3.44. The maximum atomic E-state index is 5.36. The average molecular weight is 297 g/mol. The second-order valence-corrected chi connectivity index (χ2v) is 5.68. The molecule has 0 spiro atoms. The Labute approximate surface area is 123 Å². The van der Waals surface area contributed by atoms with Crippen LogP contribution < -0.4 is 27.2 Å². The number of hydrogen-bond donors (Lipinski definition) is 1. The van der Waals surface area contributed by atoms with Crippen LogP contribution >= 0.6 is 11.3 Å². The van der Waals surface area contributed by atoms with Crippen LogP contribution in [0.1, 0.15) is 15.3 Å². The zero-order valence-corrected chi connectivity index (χ0v) is 12.2. The molecule has 3 nitrogen and oxygen atoms in total. The number of nitrogens with one attached hydrogen (secondary N) is 1. The Morgan fingerprint density at radius 3 is 2.74 bits per heavy atom. The Morgan fingerprint density at radius 2 is 1.95 bits per heavy atom. The Morgan fingerprint density at radius 1 is 1.11 bits per heavy atom. The van der Waals surface area contributed by atoms with Gasteiger partial charge in [0.1, 0.15) is 0 Å². The smallest absolute Gasteiger partial charge is 0.231 e.